The van der Waals surface area contributed by atoms with Gasteiger partial charge in [0.25, 0.3) is 0 Å². The van der Waals surface area contributed by atoms with Crippen LogP contribution < -0.4 is 4.74 Å². The lowest BCUT2D eigenvalue weighted by molar-refractivity contribution is 0.341. The van der Waals surface area contributed by atoms with E-state index in [9.17, 15) is 5.11 Å². The molecule has 0 amide bonds. The fourth-order valence-electron chi connectivity index (χ4n) is 1.18. The van der Waals surface area contributed by atoms with E-state index in [1.807, 2.05) is 13.0 Å². The van der Waals surface area contributed by atoms with Crippen LogP contribution in [0.4, 0.5) is 0 Å². The van der Waals surface area contributed by atoms with Gasteiger partial charge in [-0.1, -0.05) is 6.07 Å². The molecule has 0 fully saturated rings. The lowest BCUT2D eigenvalue weighted by atomic mass is 10.1. The molecule has 0 heterocycles. The highest BCUT2D eigenvalue weighted by molar-refractivity contribution is 5.60. The zero-order chi connectivity index (χ0) is 10.6. The van der Waals surface area contributed by atoms with Crippen LogP contribution in [0.15, 0.2) is 18.4 Å². The predicted octanol–water partition coefficient (Wildman–Crippen LogP) is 2.33. The molecule has 1 aromatic rings. The normalized spacial score (nSPS) is 10.5. The third-order valence-electron chi connectivity index (χ3n) is 2.04. The molecule has 0 aliphatic carbocycles. The van der Waals surface area contributed by atoms with E-state index in [-0.39, 0.29) is 5.75 Å². The SMILES string of the molecule is CO/C=C/c1ccc(OC)c(O)c1C. The molecular weight excluding hydrogens is 180 g/mol. The Bertz CT molecular complexity index is 343. The summed E-state index contributed by atoms with van der Waals surface area (Å²) in [4.78, 5) is 0. The third-order valence-corrected chi connectivity index (χ3v) is 2.04. The minimum atomic E-state index is 0.172. The summed E-state index contributed by atoms with van der Waals surface area (Å²) < 4.78 is 9.78. The molecule has 0 unspecified atom stereocenters. The second-order valence-corrected chi connectivity index (χ2v) is 2.87. The van der Waals surface area contributed by atoms with Crippen LogP contribution in [0.25, 0.3) is 6.08 Å². The molecule has 1 N–H and O–H groups in total. The van der Waals surface area contributed by atoms with Crippen LogP contribution in [-0.4, -0.2) is 19.3 Å². The molecule has 0 atom stereocenters. The first-order valence-electron chi connectivity index (χ1n) is 4.26. The minimum absolute atomic E-state index is 0.172. The van der Waals surface area contributed by atoms with E-state index in [1.54, 1.807) is 25.5 Å². The molecule has 0 bridgehead atoms. The van der Waals surface area contributed by atoms with Gasteiger partial charge in [-0.3, -0.25) is 0 Å². The number of benzene rings is 1. The average Bonchev–Trinajstić information content (AvgIpc) is 2.20. The smallest absolute Gasteiger partial charge is 0.161 e. The summed E-state index contributed by atoms with van der Waals surface area (Å²) in [6, 6.07) is 3.58. The first-order chi connectivity index (χ1) is 6.70. The molecule has 0 aliphatic heterocycles. The first-order valence-corrected chi connectivity index (χ1v) is 4.26. The lowest BCUT2D eigenvalue weighted by Crippen LogP contribution is -1.88. The fraction of sp³-hybridized carbons (Fsp3) is 0.273. The van der Waals surface area contributed by atoms with E-state index >= 15 is 0 Å². The van der Waals surface area contributed by atoms with Crippen LogP contribution in [0.1, 0.15) is 11.1 Å². The summed E-state index contributed by atoms with van der Waals surface area (Å²) >= 11 is 0. The van der Waals surface area contributed by atoms with Gasteiger partial charge in [0.1, 0.15) is 0 Å². The number of hydrogen-bond acceptors (Lipinski definition) is 3. The Labute approximate surface area is 83.6 Å². The maximum absolute atomic E-state index is 9.68. The van der Waals surface area contributed by atoms with Crippen molar-refractivity contribution in [3.05, 3.63) is 29.5 Å². The summed E-state index contributed by atoms with van der Waals surface area (Å²) in [5.74, 6) is 0.655. The number of methoxy groups -OCH3 is 2. The zero-order valence-corrected chi connectivity index (χ0v) is 8.57. The summed E-state index contributed by atoms with van der Waals surface area (Å²) in [5.41, 5.74) is 1.68. The third kappa shape index (κ3) is 1.99. The number of rotatable bonds is 3. The summed E-state index contributed by atoms with van der Waals surface area (Å²) in [5, 5.41) is 9.68. The van der Waals surface area contributed by atoms with Crippen LogP contribution in [-0.2, 0) is 4.74 Å². The molecule has 0 radical (unpaired) electrons. The predicted molar refractivity (Wildman–Crippen MR) is 55.4 cm³/mol. The number of phenolic OH excluding ortho intramolecular Hbond substituents is 1. The highest BCUT2D eigenvalue weighted by Crippen LogP contribution is 2.31. The topological polar surface area (TPSA) is 38.7 Å². The fourth-order valence-corrected chi connectivity index (χ4v) is 1.18. The molecule has 1 rings (SSSR count). The summed E-state index contributed by atoms with van der Waals surface area (Å²) in [6.07, 6.45) is 3.35. The monoisotopic (exact) mass is 194 g/mol. The Hall–Kier alpha value is -1.64. The largest absolute Gasteiger partial charge is 0.504 e. The number of ether oxygens (including phenoxy) is 2. The second-order valence-electron chi connectivity index (χ2n) is 2.87. The standard InChI is InChI=1S/C11H14O3/c1-8-9(6-7-13-2)4-5-10(14-3)11(8)12/h4-7,12H,1-3H3/b7-6+. The van der Waals surface area contributed by atoms with Crippen LogP contribution in [0.3, 0.4) is 0 Å². The van der Waals surface area contributed by atoms with Crippen molar-refractivity contribution < 1.29 is 14.6 Å². The molecule has 0 saturated heterocycles. The molecule has 1 aromatic carbocycles. The van der Waals surface area contributed by atoms with E-state index in [4.69, 9.17) is 9.47 Å². The van der Waals surface area contributed by atoms with Crippen molar-refractivity contribution >= 4 is 6.08 Å². The number of hydrogen-bond donors (Lipinski definition) is 1. The maximum Gasteiger partial charge on any atom is 0.161 e. The molecule has 0 aliphatic rings. The van der Waals surface area contributed by atoms with Gasteiger partial charge in [-0.15, -0.1) is 0 Å². The summed E-state index contributed by atoms with van der Waals surface area (Å²) in [7, 11) is 3.11. The molecule has 0 saturated carbocycles. The van der Waals surface area contributed by atoms with E-state index in [0.29, 0.717) is 5.75 Å². The maximum atomic E-state index is 9.68. The second kappa shape index (κ2) is 4.56. The molecule has 0 spiro atoms. The quantitative estimate of drug-likeness (QED) is 0.750. The van der Waals surface area contributed by atoms with Crippen molar-refractivity contribution in [3.8, 4) is 11.5 Å². The van der Waals surface area contributed by atoms with Gasteiger partial charge < -0.3 is 14.6 Å². The molecule has 3 nitrogen and oxygen atoms in total. The van der Waals surface area contributed by atoms with Crippen LogP contribution in [0, 0.1) is 6.92 Å². The lowest BCUT2D eigenvalue weighted by Gasteiger charge is -2.08. The van der Waals surface area contributed by atoms with Crippen LogP contribution in [0.5, 0.6) is 11.5 Å². The van der Waals surface area contributed by atoms with E-state index < -0.39 is 0 Å². The highest BCUT2D eigenvalue weighted by atomic mass is 16.5. The van der Waals surface area contributed by atoms with Crippen molar-refractivity contribution in [2.75, 3.05) is 14.2 Å². The van der Waals surface area contributed by atoms with Crippen molar-refractivity contribution in [3.63, 3.8) is 0 Å². The number of phenols is 1. The van der Waals surface area contributed by atoms with Crippen LogP contribution >= 0.6 is 0 Å². The highest BCUT2D eigenvalue weighted by Gasteiger charge is 2.06. The Morgan fingerprint density at radius 1 is 1.29 bits per heavy atom. The van der Waals surface area contributed by atoms with Crippen molar-refractivity contribution in [2.24, 2.45) is 0 Å². The molecule has 14 heavy (non-hydrogen) atoms. The van der Waals surface area contributed by atoms with Gasteiger partial charge in [-0.25, -0.2) is 0 Å². The van der Waals surface area contributed by atoms with Gasteiger partial charge in [0.15, 0.2) is 11.5 Å². The molecule has 76 valence electrons. The number of aromatic hydroxyl groups is 1. The van der Waals surface area contributed by atoms with Gasteiger partial charge >= 0.3 is 0 Å². The zero-order valence-electron chi connectivity index (χ0n) is 8.57. The van der Waals surface area contributed by atoms with Gasteiger partial charge in [0.05, 0.1) is 20.5 Å². The van der Waals surface area contributed by atoms with E-state index in [2.05, 4.69) is 0 Å². The Kier molecular flexibility index (Phi) is 3.40. The van der Waals surface area contributed by atoms with Crippen molar-refractivity contribution in [1.29, 1.82) is 0 Å². The Balaban J connectivity index is 3.10. The Morgan fingerprint density at radius 2 is 2.00 bits per heavy atom. The van der Waals surface area contributed by atoms with Gasteiger partial charge in [-0.2, -0.15) is 0 Å². The molecule has 0 aromatic heterocycles. The van der Waals surface area contributed by atoms with Gasteiger partial charge in [0, 0.05) is 5.56 Å². The van der Waals surface area contributed by atoms with Gasteiger partial charge in [-0.05, 0) is 24.6 Å². The summed E-state index contributed by atoms with van der Waals surface area (Å²) in [6.45, 7) is 1.83. The van der Waals surface area contributed by atoms with Crippen molar-refractivity contribution in [1.82, 2.24) is 0 Å². The van der Waals surface area contributed by atoms with Gasteiger partial charge in [0.2, 0.25) is 0 Å². The molecular formula is C11H14O3. The molecule has 3 heteroatoms. The first kappa shape index (κ1) is 10.4. The van der Waals surface area contributed by atoms with Crippen LogP contribution in [0.2, 0.25) is 0 Å². The minimum Gasteiger partial charge on any atom is -0.504 e. The van der Waals surface area contributed by atoms with Crippen molar-refractivity contribution in [2.45, 2.75) is 6.92 Å². The van der Waals surface area contributed by atoms with E-state index in [1.165, 1.54) is 7.11 Å². The Morgan fingerprint density at radius 3 is 2.57 bits per heavy atom. The average molecular weight is 194 g/mol. The van der Waals surface area contributed by atoms with E-state index in [0.717, 1.165) is 11.1 Å².